The van der Waals surface area contributed by atoms with Crippen molar-refractivity contribution in [1.29, 1.82) is 0 Å². The van der Waals surface area contributed by atoms with Crippen LogP contribution >= 0.6 is 0 Å². The molecule has 5 nitrogen and oxygen atoms in total. The molecule has 0 aromatic heterocycles. The minimum absolute atomic E-state index is 0.180. The number of nitrogens with zero attached hydrogens (tertiary/aromatic N) is 1. The highest BCUT2D eigenvalue weighted by atomic mass is 16.5. The van der Waals surface area contributed by atoms with Crippen LogP contribution in [0.4, 0.5) is 0 Å². The number of aliphatic imine (C=N–C) groups is 1. The number of benzene rings is 2. The molecule has 2 aromatic rings. The molecular weight excluding hydrogens is 362 g/mol. The van der Waals surface area contributed by atoms with Crippen molar-refractivity contribution in [3.05, 3.63) is 90.2 Å². The van der Waals surface area contributed by atoms with Gasteiger partial charge in [-0.3, -0.25) is 4.79 Å². The van der Waals surface area contributed by atoms with Crippen LogP contribution in [0, 0.1) is 0 Å². The molecule has 0 heterocycles. The van der Waals surface area contributed by atoms with Crippen LogP contribution in [0.25, 0.3) is 0 Å². The van der Waals surface area contributed by atoms with Gasteiger partial charge in [0.25, 0.3) is 0 Å². The quantitative estimate of drug-likeness (QED) is 0.278. The zero-order valence-corrected chi connectivity index (χ0v) is 17.1. The third kappa shape index (κ3) is 9.04. The van der Waals surface area contributed by atoms with Crippen molar-refractivity contribution >= 4 is 11.8 Å². The first-order chi connectivity index (χ1) is 14.2. The Morgan fingerprint density at radius 3 is 2.48 bits per heavy atom. The highest BCUT2D eigenvalue weighted by Crippen LogP contribution is 2.13. The lowest BCUT2D eigenvalue weighted by Gasteiger charge is -2.08. The molecule has 0 aliphatic carbocycles. The molecule has 2 rings (SSSR count). The van der Waals surface area contributed by atoms with Gasteiger partial charge in [0.1, 0.15) is 5.75 Å². The number of allylic oxidation sites excluding steroid dienone is 1. The summed E-state index contributed by atoms with van der Waals surface area (Å²) >= 11 is 0. The zero-order valence-electron chi connectivity index (χ0n) is 17.1. The fourth-order valence-electron chi connectivity index (χ4n) is 2.56. The van der Waals surface area contributed by atoms with Crippen molar-refractivity contribution < 1.29 is 9.53 Å². The van der Waals surface area contributed by atoms with E-state index in [1.54, 1.807) is 6.08 Å². The first kappa shape index (κ1) is 22.1. The summed E-state index contributed by atoms with van der Waals surface area (Å²) in [7, 11) is 0. The van der Waals surface area contributed by atoms with Crippen LogP contribution in [0.2, 0.25) is 0 Å². The minimum Gasteiger partial charge on any atom is -0.439 e. The predicted octanol–water partition coefficient (Wildman–Crippen LogP) is 4.02. The van der Waals surface area contributed by atoms with E-state index in [4.69, 9.17) is 4.74 Å². The fraction of sp³-hybridized carbons (Fsp3) is 0.250. The molecule has 2 aromatic carbocycles. The normalized spacial score (nSPS) is 11.9. The van der Waals surface area contributed by atoms with Gasteiger partial charge in [-0.15, -0.1) is 0 Å². The molecule has 0 aliphatic rings. The van der Waals surface area contributed by atoms with Gasteiger partial charge in [-0.1, -0.05) is 48.5 Å². The summed E-state index contributed by atoms with van der Waals surface area (Å²) in [6.07, 6.45) is 7.41. The van der Waals surface area contributed by atoms with Crippen molar-refractivity contribution in [3.8, 4) is 5.75 Å². The fourth-order valence-corrected chi connectivity index (χ4v) is 2.56. The van der Waals surface area contributed by atoms with E-state index >= 15 is 0 Å². The first-order valence-electron chi connectivity index (χ1n) is 9.87. The van der Waals surface area contributed by atoms with E-state index in [9.17, 15) is 4.79 Å². The average Bonchev–Trinajstić information content (AvgIpc) is 2.73. The van der Waals surface area contributed by atoms with Crippen molar-refractivity contribution in [2.75, 3.05) is 13.1 Å². The van der Waals surface area contributed by atoms with E-state index < -0.39 is 0 Å². The summed E-state index contributed by atoms with van der Waals surface area (Å²) in [5.74, 6) is 0.934. The lowest BCUT2D eigenvalue weighted by molar-refractivity contribution is -0.116. The van der Waals surface area contributed by atoms with Crippen LogP contribution in [0.5, 0.6) is 5.75 Å². The van der Waals surface area contributed by atoms with Crippen LogP contribution in [-0.2, 0) is 17.8 Å². The van der Waals surface area contributed by atoms with Crippen LogP contribution in [-0.4, -0.2) is 24.9 Å². The largest absolute Gasteiger partial charge is 0.439 e. The van der Waals surface area contributed by atoms with E-state index in [2.05, 4.69) is 39.9 Å². The molecule has 0 saturated heterocycles. The number of hydrogen-bond donors (Lipinski definition) is 2. The van der Waals surface area contributed by atoms with Gasteiger partial charge in [-0.2, -0.15) is 0 Å². The second-order valence-corrected chi connectivity index (χ2v) is 6.34. The predicted molar refractivity (Wildman–Crippen MR) is 119 cm³/mol. The van der Waals surface area contributed by atoms with Gasteiger partial charge in [0.15, 0.2) is 0 Å². The molecule has 0 aliphatic heterocycles. The van der Waals surface area contributed by atoms with Crippen LogP contribution in [0.15, 0.2) is 84.0 Å². The number of rotatable bonds is 10. The Morgan fingerprint density at radius 2 is 1.79 bits per heavy atom. The van der Waals surface area contributed by atoms with Gasteiger partial charge < -0.3 is 15.4 Å². The van der Waals surface area contributed by atoms with Crippen molar-refractivity contribution in [1.82, 2.24) is 10.6 Å². The Balaban J connectivity index is 1.83. The number of likely N-dealkylation sites (N-methyl/N-ethyl adjacent to an activating group) is 1. The van der Waals surface area contributed by atoms with E-state index in [1.165, 1.54) is 23.4 Å². The standard InChI is InChI=1S/C24H29N3O2/c1-3-8-24(27-18-16-23(28)26-4-2)29-22-13-11-21(12-14-22)19-25-17-15-20-9-6-5-7-10-20/h3,5-14,16,18,25H,4,15,17,19H2,1-2H3,(H,26,28)/b8-3-,18-16+,27-24-. The molecule has 0 fully saturated rings. The number of ether oxygens (including phenoxy) is 1. The second kappa shape index (κ2) is 13.1. The molecule has 0 atom stereocenters. The molecule has 29 heavy (non-hydrogen) atoms. The maximum Gasteiger partial charge on any atom is 0.245 e. The number of nitrogens with one attached hydrogen (secondary N) is 2. The van der Waals surface area contributed by atoms with E-state index in [0.717, 1.165) is 19.5 Å². The molecule has 0 bridgehead atoms. The molecule has 152 valence electrons. The van der Waals surface area contributed by atoms with Crippen molar-refractivity contribution in [3.63, 3.8) is 0 Å². The summed E-state index contributed by atoms with van der Waals surface area (Å²) < 4.78 is 5.79. The lowest BCUT2D eigenvalue weighted by Crippen LogP contribution is -2.19. The zero-order chi connectivity index (χ0) is 20.7. The van der Waals surface area contributed by atoms with Crippen LogP contribution in [0.1, 0.15) is 25.0 Å². The molecule has 0 saturated carbocycles. The van der Waals surface area contributed by atoms with Gasteiger partial charge in [-0.05, 0) is 56.1 Å². The molecular formula is C24H29N3O2. The van der Waals surface area contributed by atoms with Gasteiger partial charge in [0, 0.05) is 25.4 Å². The van der Waals surface area contributed by atoms with Crippen molar-refractivity contribution in [2.24, 2.45) is 4.99 Å². The van der Waals surface area contributed by atoms with Gasteiger partial charge in [0.2, 0.25) is 11.8 Å². The Labute approximate surface area is 173 Å². The van der Waals surface area contributed by atoms with E-state index in [1.807, 2.05) is 50.3 Å². The minimum atomic E-state index is -0.180. The third-order valence-electron chi connectivity index (χ3n) is 4.00. The maximum absolute atomic E-state index is 11.4. The summed E-state index contributed by atoms with van der Waals surface area (Å²) in [6.45, 7) is 6.07. The molecule has 1 amide bonds. The smallest absolute Gasteiger partial charge is 0.245 e. The van der Waals surface area contributed by atoms with Gasteiger partial charge in [-0.25, -0.2) is 4.99 Å². The third-order valence-corrected chi connectivity index (χ3v) is 4.00. The van der Waals surface area contributed by atoms with E-state index in [-0.39, 0.29) is 5.91 Å². The molecule has 0 unspecified atom stereocenters. The maximum atomic E-state index is 11.4. The molecule has 0 radical (unpaired) electrons. The lowest BCUT2D eigenvalue weighted by atomic mass is 10.1. The Hall–Kier alpha value is -3.18. The number of carbonyl (C=O) groups is 1. The molecule has 0 spiro atoms. The van der Waals surface area contributed by atoms with E-state index in [0.29, 0.717) is 18.2 Å². The topological polar surface area (TPSA) is 62.7 Å². The number of carbonyl (C=O) groups excluding carboxylic acids is 1. The SMILES string of the molecule is C\C=C/C(=N/C=C/C(=O)NCC)Oc1ccc(CNCCc2ccccc2)cc1. The van der Waals surface area contributed by atoms with Crippen molar-refractivity contribution in [2.45, 2.75) is 26.8 Å². The number of amides is 1. The average molecular weight is 392 g/mol. The second-order valence-electron chi connectivity index (χ2n) is 6.34. The number of hydrogen-bond acceptors (Lipinski definition) is 4. The summed E-state index contributed by atoms with van der Waals surface area (Å²) in [4.78, 5) is 15.6. The molecule has 2 N–H and O–H groups in total. The summed E-state index contributed by atoms with van der Waals surface area (Å²) in [5, 5.41) is 6.13. The van der Waals surface area contributed by atoms with Gasteiger partial charge in [0.05, 0.1) is 0 Å². The highest BCUT2D eigenvalue weighted by molar-refractivity contribution is 5.91. The molecule has 5 heteroatoms. The Kier molecular flexibility index (Phi) is 9.97. The Morgan fingerprint density at radius 1 is 1.03 bits per heavy atom. The summed E-state index contributed by atoms with van der Waals surface area (Å²) in [5.41, 5.74) is 2.52. The van der Waals surface area contributed by atoms with Crippen LogP contribution < -0.4 is 15.4 Å². The van der Waals surface area contributed by atoms with Crippen LogP contribution in [0.3, 0.4) is 0 Å². The summed E-state index contributed by atoms with van der Waals surface area (Å²) in [6, 6.07) is 18.3. The Bertz CT molecular complexity index is 825. The monoisotopic (exact) mass is 391 g/mol. The highest BCUT2D eigenvalue weighted by Gasteiger charge is 2.00. The first-order valence-corrected chi connectivity index (χ1v) is 9.87. The van der Waals surface area contributed by atoms with Gasteiger partial charge >= 0.3 is 0 Å².